The summed E-state index contributed by atoms with van der Waals surface area (Å²) in [7, 11) is 0. The number of hydrogen-bond acceptors (Lipinski definition) is 3. The molecule has 3 amide bonds. The maximum absolute atomic E-state index is 12.8. The zero-order valence-electron chi connectivity index (χ0n) is 13.1. The molecule has 1 saturated heterocycles. The average molecular weight is 319 g/mol. The predicted molar refractivity (Wildman–Crippen MR) is 88.5 cm³/mol. The fourth-order valence-electron chi connectivity index (χ4n) is 2.91. The first-order valence-corrected chi connectivity index (χ1v) is 7.80. The van der Waals surface area contributed by atoms with Gasteiger partial charge in [-0.25, -0.2) is 4.79 Å². The Kier molecular flexibility index (Phi) is 4.57. The van der Waals surface area contributed by atoms with Crippen LogP contribution in [0.1, 0.15) is 23.6 Å². The van der Waals surface area contributed by atoms with Crippen LogP contribution in [0.5, 0.6) is 0 Å². The second-order valence-electron chi connectivity index (χ2n) is 5.61. The van der Waals surface area contributed by atoms with Gasteiger partial charge in [0.2, 0.25) is 0 Å². The van der Waals surface area contributed by atoms with Crippen molar-refractivity contribution in [3.05, 3.63) is 71.8 Å². The number of urea groups is 1. The lowest BCUT2D eigenvalue weighted by Crippen LogP contribution is -2.33. The van der Waals surface area contributed by atoms with Gasteiger partial charge in [0.1, 0.15) is 6.04 Å². The first-order chi connectivity index (χ1) is 11.7. The van der Waals surface area contributed by atoms with Crippen molar-refractivity contribution in [3.63, 3.8) is 0 Å². The van der Waals surface area contributed by atoms with E-state index in [2.05, 4.69) is 0 Å². The number of amides is 3. The van der Waals surface area contributed by atoms with Crippen LogP contribution in [0.2, 0.25) is 0 Å². The third-order valence-corrected chi connectivity index (χ3v) is 4.05. The van der Waals surface area contributed by atoms with Gasteiger partial charge in [0.15, 0.2) is 0 Å². The maximum atomic E-state index is 12.8. The summed E-state index contributed by atoms with van der Waals surface area (Å²) in [5, 5.41) is 8.77. The molecule has 0 aliphatic carbocycles. The van der Waals surface area contributed by atoms with E-state index in [4.69, 9.17) is 5.26 Å². The van der Waals surface area contributed by atoms with Crippen LogP contribution in [0, 0.1) is 11.3 Å². The Balaban J connectivity index is 1.94. The molecule has 5 nitrogen and oxygen atoms in total. The van der Waals surface area contributed by atoms with Crippen molar-refractivity contribution < 1.29 is 9.59 Å². The van der Waals surface area contributed by atoms with Gasteiger partial charge in [0, 0.05) is 13.1 Å². The second kappa shape index (κ2) is 6.97. The normalized spacial score (nSPS) is 17.2. The molecular weight excluding hydrogens is 302 g/mol. The molecular formula is C19H17N3O2. The van der Waals surface area contributed by atoms with Crippen molar-refractivity contribution in [2.24, 2.45) is 0 Å². The van der Waals surface area contributed by atoms with Crippen LogP contribution in [-0.2, 0) is 11.3 Å². The second-order valence-corrected chi connectivity index (χ2v) is 5.61. The van der Waals surface area contributed by atoms with E-state index in [0.29, 0.717) is 6.54 Å². The van der Waals surface area contributed by atoms with E-state index in [0.717, 1.165) is 11.1 Å². The Hall–Kier alpha value is -3.13. The number of nitriles is 1. The first-order valence-electron chi connectivity index (χ1n) is 7.80. The topological polar surface area (TPSA) is 64.4 Å². The van der Waals surface area contributed by atoms with Crippen molar-refractivity contribution >= 4 is 11.9 Å². The van der Waals surface area contributed by atoms with Crippen molar-refractivity contribution in [1.82, 2.24) is 9.80 Å². The highest BCUT2D eigenvalue weighted by Crippen LogP contribution is 2.32. The highest BCUT2D eigenvalue weighted by molar-refractivity contribution is 6.04. The number of rotatable bonds is 5. The number of hydrogen-bond donors (Lipinski definition) is 0. The molecule has 0 N–H and O–H groups in total. The van der Waals surface area contributed by atoms with Gasteiger partial charge < -0.3 is 4.90 Å². The molecule has 1 unspecified atom stereocenters. The van der Waals surface area contributed by atoms with Crippen LogP contribution in [0.4, 0.5) is 4.79 Å². The summed E-state index contributed by atoms with van der Waals surface area (Å²) in [6, 6.07) is 19.9. The van der Waals surface area contributed by atoms with Gasteiger partial charge in [-0.1, -0.05) is 60.7 Å². The maximum Gasteiger partial charge on any atom is 0.328 e. The summed E-state index contributed by atoms with van der Waals surface area (Å²) in [6.45, 7) is 0.483. The molecule has 2 aromatic rings. The molecule has 120 valence electrons. The smallest absolute Gasteiger partial charge is 0.304 e. The number of carbonyl (C=O) groups excluding carboxylic acids is 2. The molecule has 1 aliphatic rings. The molecule has 2 aromatic carbocycles. The Morgan fingerprint density at radius 1 is 0.958 bits per heavy atom. The first kappa shape index (κ1) is 15.8. The minimum atomic E-state index is -0.641. The summed E-state index contributed by atoms with van der Waals surface area (Å²) >= 11 is 0. The molecule has 0 bridgehead atoms. The molecule has 24 heavy (non-hydrogen) atoms. The standard InChI is InChI=1S/C19H17N3O2/c20-12-7-13-21-18(23)17(16-10-5-2-6-11-16)22(19(21)24)14-15-8-3-1-4-9-15/h1-6,8-11,17H,7,13-14H2. The van der Waals surface area contributed by atoms with E-state index in [1.165, 1.54) is 4.90 Å². The molecule has 1 atom stereocenters. The molecule has 0 aromatic heterocycles. The van der Waals surface area contributed by atoms with Crippen molar-refractivity contribution in [1.29, 1.82) is 5.26 Å². The average Bonchev–Trinajstić information content (AvgIpc) is 2.85. The lowest BCUT2D eigenvalue weighted by molar-refractivity contribution is -0.128. The van der Waals surface area contributed by atoms with E-state index in [1.54, 1.807) is 4.90 Å². The third kappa shape index (κ3) is 2.99. The highest BCUT2D eigenvalue weighted by atomic mass is 16.2. The summed E-state index contributed by atoms with van der Waals surface area (Å²) < 4.78 is 0. The Labute approximate surface area is 140 Å². The molecule has 1 heterocycles. The van der Waals surface area contributed by atoms with Gasteiger partial charge in [-0.05, 0) is 11.1 Å². The van der Waals surface area contributed by atoms with Crippen LogP contribution in [0.25, 0.3) is 0 Å². The summed E-state index contributed by atoms with van der Waals surface area (Å²) in [5.41, 5.74) is 1.74. The number of nitrogens with zero attached hydrogens (tertiary/aromatic N) is 3. The van der Waals surface area contributed by atoms with E-state index < -0.39 is 6.04 Å². The number of imide groups is 1. The van der Waals surface area contributed by atoms with Gasteiger partial charge in [-0.15, -0.1) is 0 Å². The minimum Gasteiger partial charge on any atom is -0.304 e. The molecule has 1 aliphatic heterocycles. The van der Waals surface area contributed by atoms with Crippen LogP contribution in [-0.4, -0.2) is 28.3 Å². The molecule has 0 saturated carbocycles. The van der Waals surface area contributed by atoms with Crippen molar-refractivity contribution in [2.45, 2.75) is 19.0 Å². The van der Waals surface area contributed by atoms with Crippen LogP contribution >= 0.6 is 0 Å². The van der Waals surface area contributed by atoms with Crippen LogP contribution in [0.3, 0.4) is 0 Å². The summed E-state index contributed by atoms with van der Waals surface area (Å²) in [6.07, 6.45) is 0.137. The molecule has 0 spiro atoms. The third-order valence-electron chi connectivity index (χ3n) is 4.05. The quantitative estimate of drug-likeness (QED) is 0.795. The predicted octanol–water partition coefficient (Wildman–Crippen LogP) is 3.11. The Morgan fingerprint density at radius 2 is 1.58 bits per heavy atom. The van der Waals surface area contributed by atoms with Crippen LogP contribution < -0.4 is 0 Å². The fourth-order valence-corrected chi connectivity index (χ4v) is 2.91. The monoisotopic (exact) mass is 319 g/mol. The van der Waals surface area contributed by atoms with E-state index in [9.17, 15) is 9.59 Å². The zero-order valence-corrected chi connectivity index (χ0v) is 13.1. The highest BCUT2D eigenvalue weighted by Gasteiger charge is 2.45. The van der Waals surface area contributed by atoms with Crippen molar-refractivity contribution in [3.8, 4) is 6.07 Å². The molecule has 5 heteroatoms. The molecule has 0 radical (unpaired) electrons. The zero-order chi connectivity index (χ0) is 16.9. The van der Waals surface area contributed by atoms with Gasteiger partial charge in [-0.3, -0.25) is 9.69 Å². The van der Waals surface area contributed by atoms with E-state index in [-0.39, 0.29) is 24.9 Å². The van der Waals surface area contributed by atoms with Crippen molar-refractivity contribution in [2.75, 3.05) is 6.54 Å². The van der Waals surface area contributed by atoms with E-state index in [1.807, 2.05) is 66.7 Å². The van der Waals surface area contributed by atoms with Gasteiger partial charge in [0.25, 0.3) is 5.91 Å². The molecule has 1 fully saturated rings. The lowest BCUT2D eigenvalue weighted by atomic mass is 10.1. The Morgan fingerprint density at radius 3 is 2.21 bits per heavy atom. The Bertz CT molecular complexity index is 768. The summed E-state index contributed by atoms with van der Waals surface area (Å²) in [4.78, 5) is 28.3. The number of carbonyl (C=O) groups is 2. The van der Waals surface area contributed by atoms with Gasteiger partial charge in [-0.2, -0.15) is 5.26 Å². The largest absolute Gasteiger partial charge is 0.328 e. The fraction of sp³-hybridized carbons (Fsp3) is 0.211. The van der Waals surface area contributed by atoms with Crippen LogP contribution in [0.15, 0.2) is 60.7 Å². The lowest BCUT2D eigenvalue weighted by Gasteiger charge is -2.22. The SMILES string of the molecule is N#CCCN1C(=O)C(c2ccccc2)N(Cc2ccccc2)C1=O. The minimum absolute atomic E-state index is 0.128. The van der Waals surface area contributed by atoms with Gasteiger partial charge in [0.05, 0.1) is 12.5 Å². The number of benzene rings is 2. The van der Waals surface area contributed by atoms with Gasteiger partial charge >= 0.3 is 6.03 Å². The van der Waals surface area contributed by atoms with E-state index >= 15 is 0 Å². The summed E-state index contributed by atoms with van der Waals surface area (Å²) in [5.74, 6) is -0.266. The molecule has 3 rings (SSSR count).